The molecule has 9 heteroatoms. The first-order valence-corrected chi connectivity index (χ1v) is 12.4. The molecule has 0 bridgehead atoms. The van der Waals surface area contributed by atoms with Crippen molar-refractivity contribution in [2.75, 3.05) is 30.9 Å². The van der Waals surface area contributed by atoms with E-state index in [1.165, 1.54) is 13.2 Å². The summed E-state index contributed by atoms with van der Waals surface area (Å²) in [5.74, 6) is -0.326. The lowest BCUT2D eigenvalue weighted by Crippen LogP contribution is -2.63. The number of nitrogens with one attached hydrogen (secondary N) is 1. The van der Waals surface area contributed by atoms with Gasteiger partial charge in [0.2, 0.25) is 0 Å². The molecule has 0 saturated carbocycles. The van der Waals surface area contributed by atoms with Crippen LogP contribution in [0.1, 0.15) is 17.5 Å². The number of ether oxygens (including phenoxy) is 2. The Morgan fingerprint density at radius 1 is 1.15 bits per heavy atom. The number of carbonyl (C=O) groups is 2. The molecule has 4 rings (SSSR count). The monoisotopic (exact) mass is 472 g/mol. The molecular weight excluding hydrogens is 444 g/mol. The number of rotatable bonds is 6. The fraction of sp³-hybridized carbons (Fsp3) is 0.333. The Morgan fingerprint density at radius 3 is 2.58 bits per heavy atom. The minimum atomic E-state index is -2.90. The number of para-hydroxylation sites is 1. The normalized spacial score (nSPS) is 21.4. The predicted molar refractivity (Wildman–Crippen MR) is 128 cm³/mol. The maximum atomic E-state index is 12.2. The van der Waals surface area contributed by atoms with Crippen LogP contribution in [0.5, 0.6) is 0 Å². The molecule has 2 saturated heterocycles. The van der Waals surface area contributed by atoms with Gasteiger partial charge in [-0.2, -0.15) is 10.6 Å². The van der Waals surface area contributed by atoms with Crippen molar-refractivity contribution in [1.82, 2.24) is 5.32 Å². The van der Waals surface area contributed by atoms with Gasteiger partial charge in [-0.15, -0.1) is 0 Å². The fourth-order valence-electron chi connectivity index (χ4n) is 4.42. The molecule has 0 aliphatic carbocycles. The molecule has 2 aliphatic rings. The van der Waals surface area contributed by atoms with Crippen molar-refractivity contribution >= 4 is 34.4 Å². The van der Waals surface area contributed by atoms with E-state index in [0.717, 1.165) is 16.8 Å². The highest BCUT2D eigenvalue weighted by Gasteiger charge is 2.59. The van der Waals surface area contributed by atoms with Crippen LogP contribution in [0.4, 0.5) is 10.5 Å². The molecule has 1 atom stereocenters. The van der Waals surface area contributed by atoms with Crippen molar-refractivity contribution in [3.8, 4) is 0 Å². The maximum absolute atomic E-state index is 12.2. The molecule has 0 aromatic heterocycles. The minimum absolute atomic E-state index is 0.116. The second kappa shape index (κ2) is 9.46. The highest BCUT2D eigenvalue weighted by molar-refractivity contribution is 8.25. The number of amides is 1. The summed E-state index contributed by atoms with van der Waals surface area (Å²) in [4.78, 5) is 25.8. The molecule has 8 nitrogen and oxygen atoms in total. The van der Waals surface area contributed by atoms with E-state index in [0.29, 0.717) is 19.5 Å². The lowest BCUT2D eigenvalue weighted by atomic mass is 9.90. The Hall–Kier alpha value is -3.01. The number of methoxy groups -OCH3 is 1. The summed E-state index contributed by atoms with van der Waals surface area (Å²) in [5, 5.41) is 2.79. The van der Waals surface area contributed by atoms with Crippen molar-refractivity contribution in [2.24, 2.45) is 0 Å². The van der Waals surface area contributed by atoms with E-state index in [-0.39, 0.29) is 18.4 Å². The lowest BCUT2D eigenvalue weighted by Gasteiger charge is -2.57. The SMILES string of the molecule is COC(=O)C=Cc1ccccc1N1CC2(CC(NC(=O)OCc3ccccc3)CS2(O)O)C1. The van der Waals surface area contributed by atoms with E-state index in [9.17, 15) is 18.7 Å². The smallest absolute Gasteiger partial charge is 0.407 e. The quantitative estimate of drug-likeness (QED) is 0.432. The summed E-state index contributed by atoms with van der Waals surface area (Å²) >= 11 is 0. The molecule has 176 valence electrons. The summed E-state index contributed by atoms with van der Waals surface area (Å²) in [5.41, 5.74) is 2.62. The first-order valence-electron chi connectivity index (χ1n) is 10.6. The van der Waals surface area contributed by atoms with E-state index in [2.05, 4.69) is 15.0 Å². The second-order valence-electron chi connectivity index (χ2n) is 8.39. The van der Waals surface area contributed by atoms with Crippen LogP contribution in [0.15, 0.2) is 60.7 Å². The van der Waals surface area contributed by atoms with E-state index in [1.54, 1.807) is 6.08 Å². The number of nitrogens with zero attached hydrogens (tertiary/aromatic N) is 1. The zero-order chi connectivity index (χ0) is 23.5. The number of hydrogen-bond acceptors (Lipinski definition) is 7. The first kappa shape index (κ1) is 23.2. The third kappa shape index (κ3) is 5.00. The fourth-order valence-corrected chi connectivity index (χ4v) is 6.73. The van der Waals surface area contributed by atoms with Gasteiger partial charge in [-0.25, -0.2) is 9.59 Å². The van der Waals surface area contributed by atoms with Gasteiger partial charge in [0.05, 0.1) is 23.7 Å². The molecular formula is C24H28N2O6S. The van der Waals surface area contributed by atoms with Gasteiger partial charge in [0.25, 0.3) is 0 Å². The van der Waals surface area contributed by atoms with Crippen LogP contribution in [-0.2, 0) is 20.9 Å². The third-order valence-electron chi connectivity index (χ3n) is 6.12. The molecule has 2 fully saturated rings. The van der Waals surface area contributed by atoms with Crippen LogP contribution >= 0.6 is 10.6 Å². The molecule has 1 unspecified atom stereocenters. The van der Waals surface area contributed by atoms with Gasteiger partial charge >= 0.3 is 12.1 Å². The van der Waals surface area contributed by atoms with E-state index >= 15 is 0 Å². The van der Waals surface area contributed by atoms with Gasteiger partial charge in [0.1, 0.15) is 6.61 Å². The average molecular weight is 473 g/mol. The first-order chi connectivity index (χ1) is 15.8. The number of anilines is 1. The number of benzene rings is 2. The zero-order valence-corrected chi connectivity index (χ0v) is 19.2. The molecule has 2 aromatic rings. The maximum Gasteiger partial charge on any atom is 0.407 e. The van der Waals surface area contributed by atoms with E-state index < -0.39 is 27.4 Å². The predicted octanol–water partition coefficient (Wildman–Crippen LogP) is 3.88. The molecule has 1 spiro atoms. The topological polar surface area (TPSA) is 108 Å². The molecule has 3 N–H and O–H groups in total. The molecule has 1 amide bonds. The van der Waals surface area contributed by atoms with Gasteiger partial charge in [-0.1, -0.05) is 48.5 Å². The summed E-state index contributed by atoms with van der Waals surface area (Å²) in [6.45, 7) is 1.07. The Labute approximate surface area is 194 Å². The minimum Gasteiger partial charge on any atom is -0.466 e. The van der Waals surface area contributed by atoms with Crippen LogP contribution in [0.25, 0.3) is 6.08 Å². The van der Waals surface area contributed by atoms with E-state index in [1.807, 2.05) is 54.6 Å². The standard InChI is InChI=1S/C24H28N2O6S/c1-31-22(27)12-11-19-9-5-6-10-21(19)26-16-24(17-26)13-20(15-33(24,29)30)25-23(28)32-14-18-7-3-2-4-8-18/h2-12,20,29-30H,13-17H2,1H3,(H,25,28). The van der Waals surface area contributed by atoms with Crippen LogP contribution in [-0.4, -0.2) is 57.9 Å². The van der Waals surface area contributed by atoms with Crippen LogP contribution < -0.4 is 10.2 Å². The largest absolute Gasteiger partial charge is 0.466 e. The highest BCUT2D eigenvalue weighted by atomic mass is 32.3. The molecule has 2 aromatic carbocycles. The summed E-state index contributed by atoms with van der Waals surface area (Å²) in [6.07, 6.45) is 2.95. The molecule has 0 radical (unpaired) electrons. The second-order valence-corrected chi connectivity index (χ2v) is 10.9. The van der Waals surface area contributed by atoms with Gasteiger partial charge in [-0.3, -0.25) is 9.11 Å². The lowest BCUT2D eigenvalue weighted by molar-refractivity contribution is -0.134. The Morgan fingerprint density at radius 2 is 1.85 bits per heavy atom. The summed E-state index contributed by atoms with van der Waals surface area (Å²) in [7, 11) is -1.58. The van der Waals surface area contributed by atoms with Crippen molar-refractivity contribution in [1.29, 1.82) is 0 Å². The van der Waals surface area contributed by atoms with Crippen molar-refractivity contribution < 1.29 is 28.2 Å². The van der Waals surface area contributed by atoms with Crippen LogP contribution in [0.2, 0.25) is 0 Å². The Bertz CT molecular complexity index is 1040. The average Bonchev–Trinajstić information content (AvgIpc) is 3.05. The molecule has 2 aliphatic heterocycles. The van der Waals surface area contributed by atoms with E-state index in [4.69, 9.17) is 4.74 Å². The Balaban J connectivity index is 1.36. The number of carbonyl (C=O) groups excluding carboxylic acids is 2. The van der Waals surface area contributed by atoms with Crippen LogP contribution in [0.3, 0.4) is 0 Å². The summed E-state index contributed by atoms with van der Waals surface area (Å²) < 4.78 is 30.9. The third-order valence-corrected chi connectivity index (χ3v) is 8.79. The number of esters is 1. The van der Waals surface area contributed by atoms with Gasteiger partial charge < -0.3 is 19.7 Å². The molecule has 2 heterocycles. The van der Waals surface area contributed by atoms with Crippen molar-refractivity contribution in [3.05, 3.63) is 71.8 Å². The van der Waals surface area contributed by atoms with Crippen molar-refractivity contribution in [3.63, 3.8) is 0 Å². The van der Waals surface area contributed by atoms with Gasteiger partial charge in [-0.05, 0) is 29.7 Å². The molecule has 33 heavy (non-hydrogen) atoms. The summed E-state index contributed by atoms with van der Waals surface area (Å²) in [6, 6.07) is 16.6. The van der Waals surface area contributed by atoms with Crippen LogP contribution in [0, 0.1) is 0 Å². The van der Waals surface area contributed by atoms with Gasteiger partial charge in [0.15, 0.2) is 0 Å². The highest BCUT2D eigenvalue weighted by Crippen LogP contribution is 2.64. The number of hydrogen-bond donors (Lipinski definition) is 3. The number of alkyl carbamates (subject to hydrolysis) is 1. The Kier molecular flexibility index (Phi) is 6.64. The zero-order valence-electron chi connectivity index (χ0n) is 18.3. The van der Waals surface area contributed by atoms with Crippen molar-refractivity contribution in [2.45, 2.75) is 23.8 Å². The van der Waals surface area contributed by atoms with Gasteiger partial charge in [0, 0.05) is 24.9 Å².